The van der Waals surface area contributed by atoms with Gasteiger partial charge in [0, 0.05) is 183 Å². The zero-order valence-electron chi connectivity index (χ0n) is 67.1. The predicted molar refractivity (Wildman–Crippen MR) is 425 cm³/mol. The van der Waals surface area contributed by atoms with Gasteiger partial charge < -0.3 is 53.2 Å². The van der Waals surface area contributed by atoms with Crippen molar-refractivity contribution in [1.82, 2.24) is 103 Å². The van der Waals surface area contributed by atoms with Gasteiger partial charge in [0.2, 0.25) is 0 Å². The van der Waals surface area contributed by atoms with Crippen LogP contribution in [0.2, 0.25) is 0 Å². The summed E-state index contributed by atoms with van der Waals surface area (Å²) in [6.45, 7) is 20.1. The lowest BCUT2D eigenvalue weighted by Gasteiger charge is -2.21. The molecular weight excluding hydrogens is 1450 g/mol. The number of methoxy groups -OCH3 is 1. The number of hydrogen-bond donors (Lipinski definition) is 2. The standard InChI is InChI=1S/C12H14N2O3.C11H14N2.C10H10N2.C7H9NO2.C6H9N3O.C6H10N2O2.C6H10N2.C5H7BrN2.2C5H8N2.C5H11NO/c1-3-14-11(10(15)13(2)12(14)16)17-9-7-5-4-6-8-9;1-9-8-13(2)11(12-9)10-6-4-3-5-7-10;1-12-8-7-10(11-12)9-5-3-2-4-6-9;1-8-5-3-4-6(8)7(9)10-2;1-7-6(10)5-8-3-4-9(5)2;1-4-5(9)8(3)6(10)7(4)2;1-5-4-6(2)8(3)7-5;1-4-5(6)3-8(2)7-4;1-5-6-3-4-7(5)2;1-5-3-4-6-7(5)2;1-6-2-4-7-5-3-6/h4-8,11H,3H2,1-2H3;3-8,11-12H,1-2H3;2-8H,1H3;3-5H,1-2H3;3-4H,1-2H3,(H,7,10);4H,1-3H3;4H,1-3H3;3H,1-2H3;2*3-4H,1-2H3;2-5H2,1H3. The highest BCUT2D eigenvalue weighted by molar-refractivity contribution is 9.10. The molecule has 11 heterocycles. The lowest BCUT2D eigenvalue weighted by atomic mass is 10.2. The Kier molecular flexibility index (Phi) is 37.9. The topological polar surface area (TPSA) is 285 Å². The van der Waals surface area contributed by atoms with E-state index in [1.165, 1.54) is 53.7 Å². The molecule has 2 N–H and O–H groups in total. The second-order valence-corrected chi connectivity index (χ2v) is 26.1. The first-order valence-electron chi connectivity index (χ1n) is 35.0. The summed E-state index contributed by atoms with van der Waals surface area (Å²) in [5.74, 6) is 1.14. The van der Waals surface area contributed by atoms with Crippen LogP contribution in [0.4, 0.5) is 9.59 Å². The van der Waals surface area contributed by atoms with Crippen molar-refractivity contribution in [2.24, 2.45) is 49.3 Å². The number of carbonyl (C=O) groups is 6. The maximum atomic E-state index is 11.8. The fourth-order valence-corrected chi connectivity index (χ4v) is 10.2. The predicted octanol–water partition coefficient (Wildman–Crippen LogP) is 9.90. The van der Waals surface area contributed by atoms with E-state index in [0.29, 0.717) is 30.0 Å². The number of esters is 1. The van der Waals surface area contributed by atoms with Crippen molar-refractivity contribution in [1.29, 1.82) is 0 Å². The fraction of sp³-hybridized carbons (Fsp3) is 0.385. The number of amides is 7. The van der Waals surface area contributed by atoms with Gasteiger partial charge in [-0.1, -0.05) is 78.9 Å². The number of nitrogens with zero attached hydrogens (tertiary/aromatic N) is 19. The number of imidazole rings is 2. The number of aryl methyl sites for hydroxylation is 12. The molecule has 30 nitrogen and oxygen atoms in total. The summed E-state index contributed by atoms with van der Waals surface area (Å²) in [5.41, 5.74) is 9.81. The van der Waals surface area contributed by atoms with Crippen LogP contribution in [0.5, 0.6) is 5.75 Å². The van der Waals surface area contributed by atoms with Crippen LogP contribution < -0.4 is 15.4 Å². The van der Waals surface area contributed by atoms with Gasteiger partial charge >= 0.3 is 18.0 Å². The Hall–Kier alpha value is -11.4. The molecule has 7 aromatic heterocycles. The number of morpholine rings is 1. The number of nitrogens with one attached hydrogen (secondary N) is 2. The van der Waals surface area contributed by atoms with Crippen molar-refractivity contribution in [2.75, 3.05) is 82.2 Å². The molecule has 4 aliphatic rings. The molecule has 3 unspecified atom stereocenters. The number of halogens is 1. The molecule has 0 saturated carbocycles. The number of hydrogen-bond acceptors (Lipinski definition) is 18. The number of aromatic nitrogens is 13. The molecule has 0 bridgehead atoms. The first-order valence-corrected chi connectivity index (χ1v) is 35.8. The van der Waals surface area contributed by atoms with E-state index in [4.69, 9.17) is 9.47 Å². The van der Waals surface area contributed by atoms with E-state index in [1.54, 1.807) is 104 Å². The summed E-state index contributed by atoms with van der Waals surface area (Å²) < 4.78 is 28.9. The molecule has 3 saturated heterocycles. The van der Waals surface area contributed by atoms with Crippen molar-refractivity contribution in [3.05, 3.63) is 233 Å². The Morgan fingerprint density at radius 3 is 1.57 bits per heavy atom. The van der Waals surface area contributed by atoms with Crippen LogP contribution >= 0.6 is 15.9 Å². The summed E-state index contributed by atoms with van der Waals surface area (Å²) in [6.07, 6.45) is 16.1. The molecular formula is C78H110BrN21O9. The number of benzene rings is 3. The van der Waals surface area contributed by atoms with Crippen molar-refractivity contribution >= 4 is 51.7 Å². The van der Waals surface area contributed by atoms with E-state index < -0.39 is 6.23 Å². The molecule has 14 rings (SSSR count). The van der Waals surface area contributed by atoms with Gasteiger partial charge in [0.05, 0.1) is 41.9 Å². The summed E-state index contributed by atoms with van der Waals surface area (Å²) in [5, 5.41) is 22.3. The second kappa shape index (κ2) is 45.9. The summed E-state index contributed by atoms with van der Waals surface area (Å²) in [6, 6.07) is 38.3. The number of rotatable bonds is 7. The van der Waals surface area contributed by atoms with Crippen LogP contribution in [0.1, 0.15) is 82.2 Å². The lowest BCUT2D eigenvalue weighted by molar-refractivity contribution is -0.134. The molecule has 31 heteroatoms. The van der Waals surface area contributed by atoms with E-state index in [1.807, 2.05) is 169 Å². The zero-order chi connectivity index (χ0) is 81.0. The quantitative estimate of drug-likeness (QED) is 0.111. The number of para-hydroxylation sites is 1. The van der Waals surface area contributed by atoms with Crippen molar-refractivity contribution in [2.45, 2.75) is 73.8 Å². The van der Waals surface area contributed by atoms with Crippen LogP contribution in [0.3, 0.4) is 0 Å². The molecule has 0 radical (unpaired) electrons. The molecule has 4 aliphatic heterocycles. The van der Waals surface area contributed by atoms with Gasteiger partial charge in [0.1, 0.15) is 29.5 Å². The fourth-order valence-electron chi connectivity index (χ4n) is 9.86. The largest absolute Gasteiger partial charge is 0.464 e. The van der Waals surface area contributed by atoms with Crippen LogP contribution in [-0.4, -0.2) is 222 Å². The Labute approximate surface area is 649 Å². The van der Waals surface area contributed by atoms with Gasteiger partial charge in [0.25, 0.3) is 23.9 Å². The van der Waals surface area contributed by atoms with Gasteiger partial charge in [-0.3, -0.25) is 47.8 Å². The van der Waals surface area contributed by atoms with Crippen LogP contribution in [0.25, 0.3) is 11.3 Å². The summed E-state index contributed by atoms with van der Waals surface area (Å²) in [7, 11) is 25.0. The van der Waals surface area contributed by atoms with E-state index in [9.17, 15) is 28.8 Å². The van der Waals surface area contributed by atoms with E-state index in [-0.39, 0.29) is 41.8 Å². The zero-order valence-corrected chi connectivity index (χ0v) is 68.6. The van der Waals surface area contributed by atoms with Crippen LogP contribution in [0, 0.1) is 34.6 Å². The Morgan fingerprint density at radius 1 is 0.633 bits per heavy atom. The summed E-state index contributed by atoms with van der Waals surface area (Å²) in [4.78, 5) is 84.5. The minimum absolute atomic E-state index is 0.132. The molecule has 10 aromatic rings. The molecule has 109 heavy (non-hydrogen) atoms. The average Bonchev–Trinajstić information content (AvgIpc) is 1.67. The maximum absolute atomic E-state index is 11.8. The van der Waals surface area contributed by atoms with Crippen molar-refractivity contribution in [3.63, 3.8) is 0 Å². The van der Waals surface area contributed by atoms with Crippen molar-refractivity contribution < 1.29 is 43.0 Å². The number of ether oxygens (including phenoxy) is 3. The second-order valence-electron chi connectivity index (χ2n) is 25.2. The molecule has 0 aliphatic carbocycles. The highest BCUT2D eigenvalue weighted by Crippen LogP contribution is 2.24. The highest BCUT2D eigenvalue weighted by Gasteiger charge is 2.44. The maximum Gasteiger partial charge on any atom is 0.354 e. The minimum atomic E-state index is -0.847. The Morgan fingerprint density at radius 2 is 1.23 bits per heavy atom. The third kappa shape index (κ3) is 29.3. The molecule has 588 valence electrons. The number of imide groups is 2. The van der Waals surface area contributed by atoms with Gasteiger partial charge in [-0.2, -0.15) is 20.4 Å². The molecule has 3 atom stereocenters. The van der Waals surface area contributed by atoms with Crippen LogP contribution in [-0.2, 0) is 68.4 Å². The van der Waals surface area contributed by atoms with Gasteiger partial charge in [0.15, 0.2) is 5.82 Å². The SMILES string of the molecule is CC1=CN(C)C(c2ccccc2)N1.CC1C(=O)N(C)C(=O)N1C.CCN1C(=O)N(C)C(=O)C1Oc1ccccc1.CN1CCOCC1.CNC(=O)c1nccn1C.COC(=O)c1cccn1C.Cc1cc(C)n(C)n1.Cc1ccnn1C.Cc1nccn1C.Cc1nn(C)cc1Br.Cn1ccc(-c2ccccc2)n1. The lowest BCUT2D eigenvalue weighted by Crippen LogP contribution is -2.39. The van der Waals surface area contributed by atoms with Gasteiger partial charge in [-0.25, -0.2) is 24.4 Å². The molecule has 7 amide bonds. The van der Waals surface area contributed by atoms with Gasteiger partial charge in [-0.05, 0) is 126 Å². The number of allylic oxidation sites excluding steroid dienone is 1. The highest BCUT2D eigenvalue weighted by atomic mass is 79.9. The number of urea groups is 2. The third-order valence-corrected chi connectivity index (χ3v) is 17.5. The van der Waals surface area contributed by atoms with E-state index in [2.05, 4.69) is 141 Å². The first kappa shape index (κ1) is 90.0. The van der Waals surface area contributed by atoms with Gasteiger partial charge in [-0.15, -0.1) is 0 Å². The smallest absolute Gasteiger partial charge is 0.354 e. The van der Waals surface area contributed by atoms with Crippen molar-refractivity contribution in [3.8, 4) is 17.0 Å². The van der Waals surface area contributed by atoms with E-state index >= 15 is 0 Å². The first-order chi connectivity index (χ1) is 51.7. The normalized spacial score (nSPS) is 15.2. The average molecular weight is 1570 g/mol. The van der Waals surface area contributed by atoms with Crippen LogP contribution in [0.15, 0.2) is 187 Å². The molecule has 3 fully saturated rings. The summed E-state index contributed by atoms with van der Waals surface area (Å²) >= 11 is 3.33. The number of carbonyl (C=O) groups excluding carboxylic acids is 6. The third-order valence-electron chi connectivity index (χ3n) is 16.8. The minimum Gasteiger partial charge on any atom is -0.464 e. The monoisotopic (exact) mass is 1560 g/mol. The Bertz CT molecular complexity index is 4170. The number of likely N-dealkylation sites (N-methyl/N-ethyl adjacent to an activating group) is 5. The Balaban J connectivity index is 0.000000256. The molecule has 3 aromatic carbocycles. The van der Waals surface area contributed by atoms with E-state index in [0.717, 1.165) is 69.0 Å². The molecule has 0 spiro atoms.